The number of ether oxygens (including phenoxy) is 1. The molecule has 2 aromatic rings. The topological polar surface area (TPSA) is 26.3 Å². The van der Waals surface area contributed by atoms with Gasteiger partial charge in [0.2, 0.25) is 0 Å². The molecule has 0 atom stereocenters. The first-order valence-electron chi connectivity index (χ1n) is 5.56. The van der Waals surface area contributed by atoms with Gasteiger partial charge in [-0.3, -0.25) is 0 Å². The van der Waals surface area contributed by atoms with Crippen molar-refractivity contribution in [1.29, 1.82) is 0 Å². The SMILES string of the molecule is COC(=O)c1ccc(-c2cccc(Br)c2)cc1C. The Labute approximate surface area is 115 Å². The zero-order chi connectivity index (χ0) is 13.1. The van der Waals surface area contributed by atoms with Gasteiger partial charge in [0.25, 0.3) is 0 Å². The fourth-order valence-electron chi connectivity index (χ4n) is 1.85. The summed E-state index contributed by atoms with van der Waals surface area (Å²) in [6, 6.07) is 13.8. The monoisotopic (exact) mass is 304 g/mol. The van der Waals surface area contributed by atoms with Crippen LogP contribution in [0.1, 0.15) is 15.9 Å². The Balaban J connectivity index is 2.43. The van der Waals surface area contributed by atoms with Gasteiger partial charge >= 0.3 is 5.97 Å². The van der Waals surface area contributed by atoms with E-state index in [-0.39, 0.29) is 5.97 Å². The molecule has 0 unspecified atom stereocenters. The molecule has 92 valence electrons. The Hall–Kier alpha value is -1.61. The molecular formula is C15H13BrO2. The quantitative estimate of drug-likeness (QED) is 0.777. The second-order valence-electron chi connectivity index (χ2n) is 4.03. The fourth-order valence-corrected chi connectivity index (χ4v) is 2.25. The van der Waals surface area contributed by atoms with E-state index in [0.717, 1.165) is 21.2 Å². The molecule has 0 saturated carbocycles. The molecule has 0 aliphatic carbocycles. The Morgan fingerprint density at radius 2 is 1.83 bits per heavy atom. The fraction of sp³-hybridized carbons (Fsp3) is 0.133. The summed E-state index contributed by atoms with van der Waals surface area (Å²) >= 11 is 3.45. The van der Waals surface area contributed by atoms with Crippen LogP contribution in [0.2, 0.25) is 0 Å². The lowest BCUT2D eigenvalue weighted by Gasteiger charge is -2.07. The normalized spacial score (nSPS) is 10.2. The van der Waals surface area contributed by atoms with Crippen LogP contribution in [-0.2, 0) is 4.74 Å². The van der Waals surface area contributed by atoms with E-state index in [1.807, 2.05) is 43.3 Å². The van der Waals surface area contributed by atoms with E-state index >= 15 is 0 Å². The van der Waals surface area contributed by atoms with E-state index in [9.17, 15) is 4.79 Å². The van der Waals surface area contributed by atoms with E-state index in [2.05, 4.69) is 15.9 Å². The number of rotatable bonds is 2. The third kappa shape index (κ3) is 2.62. The summed E-state index contributed by atoms with van der Waals surface area (Å²) in [5.41, 5.74) is 3.72. The molecule has 0 aliphatic rings. The van der Waals surface area contributed by atoms with Crippen molar-refractivity contribution in [2.24, 2.45) is 0 Å². The van der Waals surface area contributed by atoms with Gasteiger partial charge in [-0.15, -0.1) is 0 Å². The van der Waals surface area contributed by atoms with Crippen molar-refractivity contribution in [2.45, 2.75) is 6.92 Å². The Kier molecular flexibility index (Phi) is 3.82. The van der Waals surface area contributed by atoms with Crippen LogP contribution in [-0.4, -0.2) is 13.1 Å². The minimum Gasteiger partial charge on any atom is -0.465 e. The highest BCUT2D eigenvalue weighted by molar-refractivity contribution is 9.10. The summed E-state index contributed by atoms with van der Waals surface area (Å²) in [6.45, 7) is 1.91. The van der Waals surface area contributed by atoms with Crippen molar-refractivity contribution in [3.63, 3.8) is 0 Å². The molecule has 0 spiro atoms. The maximum absolute atomic E-state index is 11.5. The van der Waals surface area contributed by atoms with Crippen molar-refractivity contribution >= 4 is 21.9 Å². The number of hydrogen-bond donors (Lipinski definition) is 0. The van der Waals surface area contributed by atoms with Crippen molar-refractivity contribution < 1.29 is 9.53 Å². The Morgan fingerprint density at radius 3 is 2.44 bits per heavy atom. The van der Waals surface area contributed by atoms with Crippen LogP contribution in [0.25, 0.3) is 11.1 Å². The maximum Gasteiger partial charge on any atom is 0.338 e. The summed E-state index contributed by atoms with van der Waals surface area (Å²) in [4.78, 5) is 11.5. The van der Waals surface area contributed by atoms with E-state index < -0.39 is 0 Å². The highest BCUT2D eigenvalue weighted by atomic mass is 79.9. The lowest BCUT2D eigenvalue weighted by molar-refractivity contribution is 0.0600. The molecule has 0 bridgehead atoms. The lowest BCUT2D eigenvalue weighted by atomic mass is 10.00. The molecule has 0 amide bonds. The molecule has 18 heavy (non-hydrogen) atoms. The van der Waals surface area contributed by atoms with Gasteiger partial charge in [0.15, 0.2) is 0 Å². The van der Waals surface area contributed by atoms with E-state index in [0.29, 0.717) is 5.56 Å². The summed E-state index contributed by atoms with van der Waals surface area (Å²) < 4.78 is 5.77. The first-order valence-corrected chi connectivity index (χ1v) is 6.36. The molecule has 2 rings (SSSR count). The van der Waals surface area contributed by atoms with Gasteiger partial charge in [-0.25, -0.2) is 4.79 Å². The van der Waals surface area contributed by atoms with Crippen LogP contribution in [0.5, 0.6) is 0 Å². The van der Waals surface area contributed by atoms with Gasteiger partial charge in [0.05, 0.1) is 12.7 Å². The minimum absolute atomic E-state index is 0.298. The van der Waals surface area contributed by atoms with Crippen molar-refractivity contribution in [3.8, 4) is 11.1 Å². The third-order valence-electron chi connectivity index (χ3n) is 2.79. The smallest absolute Gasteiger partial charge is 0.338 e. The molecule has 2 aromatic carbocycles. The molecule has 0 N–H and O–H groups in total. The van der Waals surface area contributed by atoms with E-state index in [1.54, 1.807) is 6.07 Å². The first-order chi connectivity index (χ1) is 8.61. The van der Waals surface area contributed by atoms with Crippen molar-refractivity contribution in [2.75, 3.05) is 7.11 Å². The maximum atomic E-state index is 11.5. The predicted octanol–water partition coefficient (Wildman–Crippen LogP) is 4.21. The zero-order valence-electron chi connectivity index (χ0n) is 10.2. The molecule has 3 heteroatoms. The van der Waals surface area contributed by atoms with Gasteiger partial charge in [0, 0.05) is 4.47 Å². The number of halogens is 1. The molecule has 0 radical (unpaired) electrons. The second kappa shape index (κ2) is 5.36. The number of hydrogen-bond acceptors (Lipinski definition) is 2. The number of esters is 1. The van der Waals surface area contributed by atoms with Gasteiger partial charge in [0.1, 0.15) is 0 Å². The standard InChI is InChI=1S/C15H13BrO2/c1-10-8-12(6-7-14(10)15(17)18-2)11-4-3-5-13(16)9-11/h3-9H,1-2H3. The second-order valence-corrected chi connectivity index (χ2v) is 4.95. The van der Waals surface area contributed by atoms with Crippen LogP contribution in [0, 0.1) is 6.92 Å². The third-order valence-corrected chi connectivity index (χ3v) is 3.28. The zero-order valence-corrected chi connectivity index (χ0v) is 11.8. The van der Waals surface area contributed by atoms with Crippen LogP contribution >= 0.6 is 15.9 Å². The van der Waals surface area contributed by atoms with Crippen molar-refractivity contribution in [1.82, 2.24) is 0 Å². The molecule has 0 heterocycles. The van der Waals surface area contributed by atoms with Gasteiger partial charge in [-0.05, 0) is 41.8 Å². The number of benzene rings is 2. The highest BCUT2D eigenvalue weighted by Gasteiger charge is 2.09. The van der Waals surface area contributed by atoms with E-state index in [1.165, 1.54) is 7.11 Å². The largest absolute Gasteiger partial charge is 0.465 e. The summed E-state index contributed by atoms with van der Waals surface area (Å²) in [6.07, 6.45) is 0. The number of carbonyl (C=O) groups excluding carboxylic acids is 1. The summed E-state index contributed by atoms with van der Waals surface area (Å²) in [5, 5.41) is 0. The summed E-state index contributed by atoms with van der Waals surface area (Å²) in [5.74, 6) is -0.298. The predicted molar refractivity (Wildman–Crippen MR) is 75.7 cm³/mol. The Morgan fingerprint density at radius 1 is 1.11 bits per heavy atom. The molecule has 0 aromatic heterocycles. The summed E-state index contributed by atoms with van der Waals surface area (Å²) in [7, 11) is 1.39. The molecule has 0 fully saturated rings. The lowest BCUT2D eigenvalue weighted by Crippen LogP contribution is -2.03. The first kappa shape index (κ1) is 12.8. The highest BCUT2D eigenvalue weighted by Crippen LogP contribution is 2.25. The molecular weight excluding hydrogens is 292 g/mol. The number of aryl methyl sites for hydroxylation is 1. The Bertz CT molecular complexity index is 591. The number of carbonyl (C=O) groups is 1. The molecule has 2 nitrogen and oxygen atoms in total. The molecule has 0 aliphatic heterocycles. The van der Waals surface area contributed by atoms with Crippen LogP contribution in [0.3, 0.4) is 0 Å². The average Bonchev–Trinajstić information content (AvgIpc) is 2.37. The van der Waals surface area contributed by atoms with Crippen molar-refractivity contribution in [3.05, 3.63) is 58.1 Å². The van der Waals surface area contributed by atoms with Crippen LogP contribution in [0.15, 0.2) is 46.9 Å². The van der Waals surface area contributed by atoms with Gasteiger partial charge in [-0.2, -0.15) is 0 Å². The number of methoxy groups -OCH3 is 1. The minimum atomic E-state index is -0.298. The van der Waals surface area contributed by atoms with Crippen LogP contribution < -0.4 is 0 Å². The van der Waals surface area contributed by atoms with E-state index in [4.69, 9.17) is 4.74 Å². The molecule has 0 saturated heterocycles. The van der Waals surface area contributed by atoms with Gasteiger partial charge < -0.3 is 4.74 Å². The average molecular weight is 305 g/mol. The van der Waals surface area contributed by atoms with Crippen LogP contribution in [0.4, 0.5) is 0 Å². The van der Waals surface area contributed by atoms with Gasteiger partial charge in [-0.1, -0.05) is 40.2 Å².